The summed E-state index contributed by atoms with van der Waals surface area (Å²) in [6, 6.07) is 13.4. The first-order valence-electron chi connectivity index (χ1n) is 6.49. The molecule has 5 heteroatoms. The highest BCUT2D eigenvalue weighted by molar-refractivity contribution is 9.10. The fourth-order valence-electron chi connectivity index (χ4n) is 2.19. The summed E-state index contributed by atoms with van der Waals surface area (Å²) in [6.45, 7) is 1.90. The maximum absolute atomic E-state index is 12.8. The molecule has 0 radical (unpaired) electrons. The number of halogens is 4. The van der Waals surface area contributed by atoms with Crippen LogP contribution in [0.2, 0.25) is 0 Å². The molecule has 1 unspecified atom stereocenters. The third kappa shape index (κ3) is 5.08. The topological polar surface area (TPSA) is 12.0 Å². The van der Waals surface area contributed by atoms with E-state index in [1.807, 2.05) is 19.1 Å². The van der Waals surface area contributed by atoms with E-state index in [-0.39, 0.29) is 0 Å². The number of aryl methyl sites for hydroxylation is 1. The molecule has 0 aliphatic carbocycles. The molecule has 0 bridgehead atoms. The van der Waals surface area contributed by atoms with Crippen LogP contribution in [0.4, 0.5) is 18.9 Å². The van der Waals surface area contributed by atoms with Gasteiger partial charge in [-0.3, -0.25) is 0 Å². The van der Waals surface area contributed by atoms with Crippen LogP contribution in [0.1, 0.15) is 23.6 Å². The van der Waals surface area contributed by atoms with Gasteiger partial charge in [0.2, 0.25) is 0 Å². The second kappa shape index (κ2) is 6.52. The fourth-order valence-corrected chi connectivity index (χ4v) is 2.80. The molecule has 0 aliphatic rings. The Morgan fingerprint density at radius 3 is 2.33 bits per heavy atom. The van der Waals surface area contributed by atoms with E-state index in [0.29, 0.717) is 11.3 Å². The number of rotatable bonds is 4. The van der Waals surface area contributed by atoms with Crippen molar-refractivity contribution in [3.8, 4) is 0 Å². The molecule has 0 aromatic heterocycles. The first-order chi connectivity index (χ1) is 9.83. The van der Waals surface area contributed by atoms with Gasteiger partial charge in [0.25, 0.3) is 0 Å². The van der Waals surface area contributed by atoms with Gasteiger partial charge in [0.1, 0.15) is 0 Å². The van der Waals surface area contributed by atoms with Crippen LogP contribution < -0.4 is 5.32 Å². The summed E-state index contributed by atoms with van der Waals surface area (Å²) in [6.07, 6.45) is -5.14. The average Bonchev–Trinajstić information content (AvgIpc) is 2.36. The molecule has 0 saturated carbocycles. The van der Waals surface area contributed by atoms with E-state index >= 15 is 0 Å². The van der Waals surface area contributed by atoms with Crippen molar-refractivity contribution in [2.45, 2.75) is 25.6 Å². The Morgan fingerprint density at radius 2 is 1.76 bits per heavy atom. The van der Waals surface area contributed by atoms with Crippen LogP contribution in [-0.2, 0) is 0 Å². The van der Waals surface area contributed by atoms with Crippen LogP contribution in [0, 0.1) is 6.92 Å². The molecule has 2 aromatic rings. The maximum atomic E-state index is 12.8. The summed E-state index contributed by atoms with van der Waals surface area (Å²) in [4.78, 5) is 0. The van der Waals surface area contributed by atoms with Gasteiger partial charge in [-0.2, -0.15) is 13.2 Å². The number of alkyl halides is 3. The minimum absolute atomic E-state index is 0.618. The van der Waals surface area contributed by atoms with E-state index < -0.39 is 18.6 Å². The highest BCUT2D eigenvalue weighted by atomic mass is 79.9. The van der Waals surface area contributed by atoms with Crippen LogP contribution >= 0.6 is 15.9 Å². The summed E-state index contributed by atoms with van der Waals surface area (Å²) >= 11 is 3.36. The van der Waals surface area contributed by atoms with Gasteiger partial charge in [-0.1, -0.05) is 46.3 Å². The summed E-state index contributed by atoms with van der Waals surface area (Å²) in [5, 5.41) is 2.98. The predicted octanol–water partition coefficient (Wildman–Crippen LogP) is 5.86. The third-order valence-electron chi connectivity index (χ3n) is 3.02. The number of nitrogens with one attached hydrogen (secondary N) is 1. The van der Waals surface area contributed by atoms with Gasteiger partial charge in [0, 0.05) is 10.2 Å². The van der Waals surface area contributed by atoms with Gasteiger partial charge < -0.3 is 5.32 Å². The van der Waals surface area contributed by atoms with Gasteiger partial charge in [0.15, 0.2) is 0 Å². The van der Waals surface area contributed by atoms with Crippen molar-refractivity contribution in [3.05, 3.63) is 64.1 Å². The molecule has 0 amide bonds. The van der Waals surface area contributed by atoms with E-state index in [0.717, 1.165) is 10.0 Å². The molecule has 0 aliphatic heterocycles. The Morgan fingerprint density at radius 1 is 1.10 bits per heavy atom. The van der Waals surface area contributed by atoms with E-state index in [4.69, 9.17) is 0 Å². The average molecular weight is 358 g/mol. The van der Waals surface area contributed by atoms with Crippen molar-refractivity contribution in [1.29, 1.82) is 0 Å². The van der Waals surface area contributed by atoms with Gasteiger partial charge in [-0.15, -0.1) is 0 Å². The SMILES string of the molecule is Cc1cc(Br)cc(NC(CC(F)(F)F)c2ccccc2)c1. The van der Waals surface area contributed by atoms with Gasteiger partial charge >= 0.3 is 6.18 Å². The molecule has 1 atom stereocenters. The molecule has 0 fully saturated rings. The highest BCUT2D eigenvalue weighted by Gasteiger charge is 2.32. The van der Waals surface area contributed by atoms with E-state index in [9.17, 15) is 13.2 Å². The second-order valence-corrected chi connectivity index (χ2v) is 5.86. The van der Waals surface area contributed by atoms with Crippen molar-refractivity contribution in [2.75, 3.05) is 5.32 Å². The lowest BCUT2D eigenvalue weighted by molar-refractivity contribution is -0.137. The normalized spacial score (nSPS) is 13.0. The van der Waals surface area contributed by atoms with Gasteiger partial charge in [-0.05, 0) is 36.2 Å². The number of anilines is 1. The van der Waals surface area contributed by atoms with E-state index in [1.165, 1.54) is 0 Å². The molecule has 0 saturated heterocycles. The van der Waals surface area contributed by atoms with Crippen molar-refractivity contribution < 1.29 is 13.2 Å². The standard InChI is InChI=1S/C16H15BrF3N/c1-11-7-13(17)9-14(8-11)21-15(10-16(18,19)20)12-5-3-2-4-6-12/h2-9,15,21H,10H2,1H3. The molecule has 0 heterocycles. The smallest absolute Gasteiger partial charge is 0.378 e. The summed E-state index contributed by atoms with van der Waals surface area (Å²) < 4.78 is 39.2. The summed E-state index contributed by atoms with van der Waals surface area (Å²) in [7, 11) is 0. The van der Waals surface area contributed by atoms with Crippen molar-refractivity contribution in [2.24, 2.45) is 0 Å². The first kappa shape index (κ1) is 15.9. The molecule has 2 rings (SSSR count). The zero-order valence-electron chi connectivity index (χ0n) is 11.4. The Bertz CT molecular complexity index is 576. The van der Waals surface area contributed by atoms with Crippen LogP contribution in [0.25, 0.3) is 0 Å². The molecule has 112 valence electrons. The van der Waals surface area contributed by atoms with Crippen LogP contribution in [0.3, 0.4) is 0 Å². The monoisotopic (exact) mass is 357 g/mol. The lowest BCUT2D eigenvalue weighted by Crippen LogP contribution is -2.20. The number of benzene rings is 2. The van der Waals surface area contributed by atoms with Crippen molar-refractivity contribution >= 4 is 21.6 Å². The van der Waals surface area contributed by atoms with E-state index in [1.54, 1.807) is 36.4 Å². The van der Waals surface area contributed by atoms with Crippen molar-refractivity contribution in [3.63, 3.8) is 0 Å². The first-order valence-corrected chi connectivity index (χ1v) is 7.28. The molecule has 0 spiro atoms. The highest BCUT2D eigenvalue weighted by Crippen LogP contribution is 2.33. The van der Waals surface area contributed by atoms with Gasteiger partial charge in [0.05, 0.1) is 12.5 Å². The quantitative estimate of drug-likeness (QED) is 0.722. The summed E-state index contributed by atoms with van der Waals surface area (Å²) in [5.41, 5.74) is 2.26. The molecule has 2 aromatic carbocycles. The fraction of sp³-hybridized carbons (Fsp3) is 0.250. The molecule has 1 N–H and O–H groups in total. The lowest BCUT2D eigenvalue weighted by Gasteiger charge is -2.22. The molecular formula is C16H15BrF3N. The Hall–Kier alpha value is -1.49. The van der Waals surface area contributed by atoms with Crippen LogP contribution in [0.15, 0.2) is 53.0 Å². The number of hydrogen-bond acceptors (Lipinski definition) is 1. The second-order valence-electron chi connectivity index (χ2n) is 4.94. The lowest BCUT2D eigenvalue weighted by atomic mass is 10.0. The van der Waals surface area contributed by atoms with Crippen LogP contribution in [-0.4, -0.2) is 6.18 Å². The van der Waals surface area contributed by atoms with E-state index in [2.05, 4.69) is 21.2 Å². The molecule has 21 heavy (non-hydrogen) atoms. The minimum atomic E-state index is -4.23. The zero-order valence-corrected chi connectivity index (χ0v) is 13.0. The summed E-state index contributed by atoms with van der Waals surface area (Å²) in [5.74, 6) is 0. The van der Waals surface area contributed by atoms with Crippen LogP contribution in [0.5, 0.6) is 0 Å². The minimum Gasteiger partial charge on any atom is -0.378 e. The van der Waals surface area contributed by atoms with Gasteiger partial charge in [-0.25, -0.2) is 0 Å². The Kier molecular flexibility index (Phi) is 4.93. The Balaban J connectivity index is 2.27. The number of hydrogen-bond donors (Lipinski definition) is 1. The maximum Gasteiger partial charge on any atom is 0.391 e. The largest absolute Gasteiger partial charge is 0.391 e. The Labute approximate surface area is 130 Å². The van der Waals surface area contributed by atoms with Crippen molar-refractivity contribution in [1.82, 2.24) is 0 Å². The zero-order chi connectivity index (χ0) is 15.5. The molecule has 1 nitrogen and oxygen atoms in total. The molecular weight excluding hydrogens is 343 g/mol. The third-order valence-corrected chi connectivity index (χ3v) is 3.48. The predicted molar refractivity (Wildman–Crippen MR) is 82.4 cm³/mol.